The summed E-state index contributed by atoms with van der Waals surface area (Å²) in [5.41, 5.74) is -6.29. The minimum absolute atomic E-state index is 0.0286. The first-order chi connectivity index (χ1) is 13.2. The zero-order chi connectivity index (χ0) is 21.8. The van der Waals surface area contributed by atoms with Gasteiger partial charge in [-0.25, -0.2) is 9.78 Å². The normalized spacial score (nSPS) is 23.8. The predicted molar refractivity (Wildman–Crippen MR) is 95.6 cm³/mol. The van der Waals surface area contributed by atoms with Crippen molar-refractivity contribution in [1.29, 1.82) is 0 Å². The van der Waals surface area contributed by atoms with Crippen LogP contribution in [-0.2, 0) is 15.9 Å². The molecule has 3 N–H and O–H groups in total. The molecule has 1 aliphatic carbocycles. The topological polar surface area (TPSA) is 101 Å². The zero-order valence-corrected chi connectivity index (χ0v) is 16.8. The van der Waals surface area contributed by atoms with Gasteiger partial charge in [0.1, 0.15) is 17.7 Å². The third-order valence-corrected chi connectivity index (χ3v) is 5.23. The number of nitrogens with one attached hydrogen (secondary N) is 1. The summed E-state index contributed by atoms with van der Waals surface area (Å²) in [6.45, 7) is 3.33. The molecular formula is C18H22ClF3N2O5. The smallest absolute Gasteiger partial charge is 0.425 e. The summed E-state index contributed by atoms with van der Waals surface area (Å²) in [5.74, 6) is -0.0865. The van der Waals surface area contributed by atoms with E-state index in [1.54, 1.807) is 20.8 Å². The maximum absolute atomic E-state index is 13.4. The Kier molecular flexibility index (Phi) is 5.20. The van der Waals surface area contributed by atoms with Crippen LogP contribution in [0.15, 0.2) is 6.07 Å². The molecule has 1 aliphatic heterocycles. The summed E-state index contributed by atoms with van der Waals surface area (Å²) >= 11 is 6.04. The highest BCUT2D eigenvalue weighted by Gasteiger charge is 2.59. The van der Waals surface area contributed by atoms with Crippen molar-refractivity contribution in [1.82, 2.24) is 10.3 Å². The molecule has 1 aromatic heterocycles. The Morgan fingerprint density at radius 3 is 2.52 bits per heavy atom. The molecule has 2 aliphatic rings. The molecule has 2 atom stereocenters. The van der Waals surface area contributed by atoms with Gasteiger partial charge in [-0.2, -0.15) is 13.2 Å². The first-order valence-corrected chi connectivity index (χ1v) is 9.37. The van der Waals surface area contributed by atoms with Crippen molar-refractivity contribution < 1.29 is 37.7 Å². The van der Waals surface area contributed by atoms with Gasteiger partial charge in [0.25, 0.3) is 0 Å². The van der Waals surface area contributed by atoms with Gasteiger partial charge in [0.05, 0.1) is 12.3 Å². The minimum atomic E-state index is -5.20. The maximum atomic E-state index is 13.4. The molecule has 0 saturated heterocycles. The van der Waals surface area contributed by atoms with Crippen LogP contribution in [0.25, 0.3) is 0 Å². The molecule has 1 saturated carbocycles. The molecule has 0 radical (unpaired) electrons. The Balaban J connectivity index is 2.08. The van der Waals surface area contributed by atoms with Gasteiger partial charge in [0, 0.05) is 5.56 Å². The molecule has 3 rings (SSSR count). The molecule has 0 spiro atoms. The Labute approximate surface area is 170 Å². The lowest BCUT2D eigenvalue weighted by Crippen LogP contribution is -2.51. The van der Waals surface area contributed by atoms with Crippen molar-refractivity contribution in [2.75, 3.05) is 13.2 Å². The molecule has 7 nitrogen and oxygen atoms in total. The fourth-order valence-electron chi connectivity index (χ4n) is 3.37. The number of fused-ring (bicyclic) bond motifs is 1. The number of carbonyl (C=O) groups is 1. The second kappa shape index (κ2) is 6.88. The van der Waals surface area contributed by atoms with Gasteiger partial charge in [0.15, 0.2) is 10.9 Å². The number of aromatic nitrogens is 1. The second-order valence-corrected chi connectivity index (χ2v) is 8.71. The van der Waals surface area contributed by atoms with E-state index in [1.165, 1.54) is 0 Å². The number of hydrogen-bond donors (Lipinski definition) is 3. The van der Waals surface area contributed by atoms with Crippen LogP contribution in [0.1, 0.15) is 44.9 Å². The van der Waals surface area contributed by atoms with Crippen molar-refractivity contribution in [3.63, 3.8) is 0 Å². The first-order valence-electron chi connectivity index (χ1n) is 8.99. The van der Waals surface area contributed by atoms with E-state index < -0.39 is 46.5 Å². The van der Waals surface area contributed by atoms with Gasteiger partial charge < -0.3 is 25.0 Å². The fourth-order valence-corrected chi connectivity index (χ4v) is 3.61. The molecule has 11 heteroatoms. The number of aliphatic hydroxyl groups is 2. The number of ether oxygens (including phenoxy) is 2. The largest absolute Gasteiger partial charge is 0.487 e. The van der Waals surface area contributed by atoms with E-state index in [-0.39, 0.29) is 23.8 Å². The lowest BCUT2D eigenvalue weighted by Gasteiger charge is -2.32. The van der Waals surface area contributed by atoms with E-state index in [2.05, 4.69) is 10.3 Å². The van der Waals surface area contributed by atoms with Gasteiger partial charge in [-0.05, 0) is 45.6 Å². The third kappa shape index (κ3) is 3.85. The number of hydrogen-bond acceptors (Lipinski definition) is 6. The maximum Gasteiger partial charge on any atom is 0.425 e. The Morgan fingerprint density at radius 1 is 1.41 bits per heavy atom. The quantitative estimate of drug-likeness (QED) is 0.625. The van der Waals surface area contributed by atoms with Gasteiger partial charge in [0.2, 0.25) is 5.60 Å². The molecule has 2 heterocycles. The second-order valence-electron chi connectivity index (χ2n) is 8.35. The van der Waals surface area contributed by atoms with Crippen LogP contribution < -0.4 is 10.1 Å². The number of rotatable bonds is 4. The van der Waals surface area contributed by atoms with Crippen molar-refractivity contribution in [2.45, 2.75) is 56.5 Å². The Bertz CT molecular complexity index is 825. The van der Waals surface area contributed by atoms with Crippen LogP contribution in [-0.4, -0.2) is 46.3 Å². The molecule has 29 heavy (non-hydrogen) atoms. The summed E-state index contributed by atoms with van der Waals surface area (Å²) < 4.78 is 51.1. The van der Waals surface area contributed by atoms with Crippen molar-refractivity contribution in [3.05, 3.63) is 22.5 Å². The molecule has 162 valence electrons. The lowest BCUT2D eigenvalue weighted by molar-refractivity contribution is -0.279. The van der Waals surface area contributed by atoms with Crippen LogP contribution >= 0.6 is 11.6 Å². The predicted octanol–water partition coefficient (Wildman–Crippen LogP) is 3.00. The number of halogens is 4. The molecular weight excluding hydrogens is 417 g/mol. The minimum Gasteiger partial charge on any atom is -0.487 e. The fraction of sp³-hybridized carbons (Fsp3) is 0.667. The molecule has 0 aromatic carbocycles. The van der Waals surface area contributed by atoms with E-state index in [4.69, 9.17) is 21.1 Å². The van der Waals surface area contributed by atoms with E-state index >= 15 is 0 Å². The highest BCUT2D eigenvalue weighted by atomic mass is 35.5. The van der Waals surface area contributed by atoms with E-state index in [1.807, 2.05) is 0 Å². The summed E-state index contributed by atoms with van der Waals surface area (Å²) in [7, 11) is 0. The first kappa shape index (κ1) is 21.9. The third-order valence-electron chi connectivity index (χ3n) is 4.98. The van der Waals surface area contributed by atoms with Crippen molar-refractivity contribution >= 4 is 17.7 Å². The van der Waals surface area contributed by atoms with Gasteiger partial charge in [-0.3, -0.25) is 0 Å². The zero-order valence-electron chi connectivity index (χ0n) is 16.1. The molecule has 0 bridgehead atoms. The standard InChI is InChI=1S/C18H22ClF3N2O5/c1-15(2,3)29-14(26)24-16(9-4-5-9)8-28-12-10(16)6-11(23-13(12)19)17(27,7-25)18(20,21)22/h6,9,25,27H,4-5,7-8H2,1-3H3,(H,24,26)/t16-,17?/m0/s1. The van der Waals surface area contributed by atoms with Crippen LogP contribution in [0.2, 0.25) is 5.15 Å². The van der Waals surface area contributed by atoms with Crippen LogP contribution in [0.4, 0.5) is 18.0 Å². The Morgan fingerprint density at radius 2 is 2.03 bits per heavy atom. The number of nitrogens with zero attached hydrogens (tertiary/aromatic N) is 1. The summed E-state index contributed by atoms with van der Waals surface area (Å²) in [5, 5.41) is 21.7. The number of aliphatic hydroxyl groups excluding tert-OH is 1. The summed E-state index contributed by atoms with van der Waals surface area (Å²) in [6, 6.07) is 0.980. The number of amides is 1. The van der Waals surface area contributed by atoms with Gasteiger partial charge in [-0.15, -0.1) is 0 Å². The van der Waals surface area contributed by atoms with E-state index in [0.717, 1.165) is 6.07 Å². The molecule has 1 unspecified atom stereocenters. The lowest BCUT2D eigenvalue weighted by atomic mass is 9.85. The van der Waals surface area contributed by atoms with Gasteiger partial charge in [-0.1, -0.05) is 11.6 Å². The van der Waals surface area contributed by atoms with Crippen molar-refractivity contribution in [2.24, 2.45) is 5.92 Å². The van der Waals surface area contributed by atoms with Crippen LogP contribution in [0.5, 0.6) is 5.75 Å². The number of alkyl halides is 3. The summed E-state index contributed by atoms with van der Waals surface area (Å²) in [6.07, 6.45) is -4.55. The van der Waals surface area contributed by atoms with E-state index in [0.29, 0.717) is 12.8 Å². The number of pyridine rings is 1. The monoisotopic (exact) mass is 438 g/mol. The summed E-state index contributed by atoms with van der Waals surface area (Å²) in [4.78, 5) is 16.0. The van der Waals surface area contributed by atoms with Crippen LogP contribution in [0.3, 0.4) is 0 Å². The highest BCUT2D eigenvalue weighted by molar-refractivity contribution is 6.31. The number of carbonyl (C=O) groups excluding carboxylic acids is 1. The molecule has 1 aromatic rings. The SMILES string of the molecule is CC(C)(C)OC(=O)N[C@]1(C2CC2)COc2c1cc(C(O)(CO)C(F)(F)F)nc2Cl. The van der Waals surface area contributed by atoms with Crippen LogP contribution in [0, 0.1) is 5.92 Å². The van der Waals surface area contributed by atoms with Gasteiger partial charge >= 0.3 is 12.3 Å². The highest BCUT2D eigenvalue weighted by Crippen LogP contribution is 2.54. The molecule has 1 fully saturated rings. The average molecular weight is 439 g/mol. The Hall–Kier alpha value is -1.78. The van der Waals surface area contributed by atoms with E-state index in [9.17, 15) is 28.2 Å². The average Bonchev–Trinajstić information content (AvgIpc) is 3.35. The van der Waals surface area contributed by atoms with Crippen molar-refractivity contribution in [3.8, 4) is 5.75 Å². The molecule has 1 amide bonds. The number of alkyl carbamates (subject to hydrolysis) is 1.